The third kappa shape index (κ3) is 3.19. The molecule has 0 fully saturated rings. The minimum atomic E-state index is -4.97. The first-order chi connectivity index (χ1) is 8.30. The van der Waals surface area contributed by atoms with Gasteiger partial charge in [-0.3, -0.25) is 0 Å². The van der Waals surface area contributed by atoms with Crippen molar-refractivity contribution in [1.82, 2.24) is 4.98 Å². The number of aromatic nitrogens is 1. The van der Waals surface area contributed by atoms with Gasteiger partial charge < -0.3 is 15.2 Å². The normalized spacial score (nSPS) is 11.8. The number of rotatable bonds is 4. The summed E-state index contributed by atoms with van der Waals surface area (Å²) in [6.07, 6.45) is -7.42. The average molecular weight is 272 g/mol. The molecule has 0 spiro atoms. The lowest BCUT2D eigenvalue weighted by atomic mass is 10.2. The summed E-state index contributed by atoms with van der Waals surface area (Å²) in [6.45, 7) is -0.461. The molecule has 0 unspecified atom stereocenters. The Kier molecular flexibility index (Phi) is 4.28. The molecule has 102 valence electrons. The van der Waals surface area contributed by atoms with Crippen LogP contribution in [-0.2, 0) is 6.54 Å². The van der Waals surface area contributed by atoms with Crippen LogP contribution in [0.5, 0.6) is 11.5 Å². The Bertz CT molecular complexity index is 422. The van der Waals surface area contributed by atoms with Crippen molar-refractivity contribution in [2.24, 2.45) is 5.73 Å². The Balaban J connectivity index is 3.30. The lowest BCUT2D eigenvalue weighted by Crippen LogP contribution is -2.19. The second-order valence-electron chi connectivity index (χ2n) is 3.07. The zero-order chi connectivity index (χ0) is 13.9. The largest absolute Gasteiger partial charge is 0.573 e. The Labute approximate surface area is 98.5 Å². The molecular weight excluding hydrogens is 263 g/mol. The van der Waals surface area contributed by atoms with E-state index in [4.69, 9.17) is 5.73 Å². The summed E-state index contributed by atoms with van der Waals surface area (Å²) in [7, 11) is 1.03. The number of methoxy groups -OCH3 is 1. The van der Waals surface area contributed by atoms with Crippen LogP contribution in [-0.4, -0.2) is 18.5 Å². The number of hydrogen-bond acceptors (Lipinski definition) is 4. The Hall–Kier alpha value is -1.64. The highest BCUT2D eigenvalue weighted by molar-refractivity contribution is 5.46. The van der Waals surface area contributed by atoms with Crippen LogP contribution in [0.4, 0.5) is 22.0 Å². The molecule has 0 aliphatic carbocycles. The molecule has 4 nitrogen and oxygen atoms in total. The molecule has 0 aromatic carbocycles. The molecule has 0 aliphatic heterocycles. The van der Waals surface area contributed by atoms with Crippen LogP contribution < -0.4 is 15.2 Å². The summed E-state index contributed by atoms with van der Waals surface area (Å²) in [5.41, 5.74) is 4.11. The molecule has 1 aromatic heterocycles. The first-order valence-corrected chi connectivity index (χ1v) is 4.59. The van der Waals surface area contributed by atoms with Gasteiger partial charge in [0.1, 0.15) is 5.69 Å². The standard InChI is InChI=1S/C9H9F5N2O2/c1-17-7-4(2-15)5(18-9(12,13)14)3-16-6(7)8(10)11/h3,8H,2,15H2,1H3. The monoisotopic (exact) mass is 272 g/mol. The molecule has 0 aliphatic rings. The van der Waals surface area contributed by atoms with Crippen LogP contribution in [0.2, 0.25) is 0 Å². The minimum Gasteiger partial charge on any atom is -0.494 e. The number of nitrogens with two attached hydrogens (primary N) is 1. The van der Waals surface area contributed by atoms with Crippen molar-refractivity contribution < 1.29 is 31.4 Å². The van der Waals surface area contributed by atoms with Crippen LogP contribution in [0.25, 0.3) is 0 Å². The van der Waals surface area contributed by atoms with Gasteiger partial charge in [-0.05, 0) is 0 Å². The van der Waals surface area contributed by atoms with Gasteiger partial charge in [0.2, 0.25) is 0 Å². The highest BCUT2D eigenvalue weighted by Crippen LogP contribution is 2.37. The Morgan fingerprint density at radius 3 is 2.39 bits per heavy atom. The van der Waals surface area contributed by atoms with Crippen LogP contribution in [0.1, 0.15) is 17.7 Å². The fraction of sp³-hybridized carbons (Fsp3) is 0.444. The van der Waals surface area contributed by atoms with E-state index in [1.54, 1.807) is 0 Å². The molecule has 2 N–H and O–H groups in total. The average Bonchev–Trinajstić information content (AvgIpc) is 2.25. The molecule has 0 saturated heterocycles. The number of alkyl halides is 5. The number of hydrogen-bond donors (Lipinski definition) is 1. The molecule has 0 bridgehead atoms. The van der Waals surface area contributed by atoms with Gasteiger partial charge in [-0.1, -0.05) is 0 Å². The maximum absolute atomic E-state index is 12.6. The van der Waals surface area contributed by atoms with E-state index in [0.717, 1.165) is 7.11 Å². The van der Waals surface area contributed by atoms with Crippen LogP contribution in [0.3, 0.4) is 0 Å². The van der Waals surface area contributed by atoms with Crippen molar-refractivity contribution in [2.45, 2.75) is 19.3 Å². The van der Waals surface area contributed by atoms with Gasteiger partial charge in [0, 0.05) is 6.54 Å². The van der Waals surface area contributed by atoms with E-state index in [1.807, 2.05) is 0 Å². The number of halogens is 5. The van der Waals surface area contributed by atoms with Crippen LogP contribution in [0, 0.1) is 0 Å². The summed E-state index contributed by atoms with van der Waals surface area (Å²) in [5.74, 6) is -1.26. The molecule has 0 radical (unpaired) electrons. The van der Waals surface area contributed by atoms with E-state index in [1.165, 1.54) is 0 Å². The summed E-state index contributed by atoms with van der Waals surface area (Å²) < 4.78 is 69.6. The second-order valence-corrected chi connectivity index (χ2v) is 3.07. The molecule has 1 rings (SSSR count). The van der Waals surface area contributed by atoms with Gasteiger partial charge in [-0.15, -0.1) is 13.2 Å². The minimum absolute atomic E-state index is 0.319. The number of ether oxygens (including phenoxy) is 2. The van der Waals surface area contributed by atoms with Gasteiger partial charge >= 0.3 is 6.36 Å². The summed E-state index contributed by atoms with van der Waals surface area (Å²) >= 11 is 0. The Morgan fingerprint density at radius 1 is 1.39 bits per heavy atom. The smallest absolute Gasteiger partial charge is 0.494 e. The zero-order valence-electron chi connectivity index (χ0n) is 9.09. The molecule has 18 heavy (non-hydrogen) atoms. The topological polar surface area (TPSA) is 57.4 Å². The van der Waals surface area contributed by atoms with Crippen LogP contribution >= 0.6 is 0 Å². The SMILES string of the molecule is COc1c(C(F)F)ncc(OC(F)(F)F)c1CN. The first-order valence-electron chi connectivity index (χ1n) is 4.59. The predicted molar refractivity (Wildman–Crippen MR) is 50.3 cm³/mol. The summed E-state index contributed by atoms with van der Waals surface area (Å²) in [6, 6.07) is 0. The molecular formula is C9H9F5N2O2. The highest BCUT2D eigenvalue weighted by atomic mass is 19.4. The third-order valence-electron chi connectivity index (χ3n) is 1.97. The van der Waals surface area contributed by atoms with Crippen molar-refractivity contribution in [3.63, 3.8) is 0 Å². The zero-order valence-corrected chi connectivity index (χ0v) is 9.09. The van der Waals surface area contributed by atoms with Gasteiger partial charge in [0.15, 0.2) is 11.5 Å². The van der Waals surface area contributed by atoms with E-state index in [2.05, 4.69) is 14.5 Å². The summed E-state index contributed by atoms with van der Waals surface area (Å²) in [4.78, 5) is 3.19. The van der Waals surface area contributed by atoms with E-state index < -0.39 is 36.5 Å². The fourth-order valence-corrected chi connectivity index (χ4v) is 1.32. The number of nitrogens with zero attached hydrogens (tertiary/aromatic N) is 1. The lowest BCUT2D eigenvalue weighted by molar-refractivity contribution is -0.275. The summed E-state index contributed by atoms with van der Waals surface area (Å²) in [5, 5.41) is 0. The third-order valence-corrected chi connectivity index (χ3v) is 1.97. The quantitative estimate of drug-likeness (QED) is 0.855. The molecule has 9 heteroatoms. The highest BCUT2D eigenvalue weighted by Gasteiger charge is 2.33. The van der Waals surface area contributed by atoms with Crippen molar-refractivity contribution in [1.29, 1.82) is 0 Å². The molecule has 0 amide bonds. The van der Waals surface area contributed by atoms with E-state index >= 15 is 0 Å². The van der Waals surface area contributed by atoms with Crippen molar-refractivity contribution in [3.8, 4) is 11.5 Å². The maximum Gasteiger partial charge on any atom is 0.573 e. The molecule has 0 saturated carbocycles. The molecule has 0 atom stereocenters. The van der Waals surface area contributed by atoms with Gasteiger partial charge in [0.05, 0.1) is 18.9 Å². The molecule has 1 aromatic rings. The van der Waals surface area contributed by atoms with Gasteiger partial charge in [0.25, 0.3) is 6.43 Å². The lowest BCUT2D eigenvalue weighted by Gasteiger charge is -2.16. The second kappa shape index (κ2) is 5.34. The fourth-order valence-electron chi connectivity index (χ4n) is 1.32. The van der Waals surface area contributed by atoms with Crippen molar-refractivity contribution in [3.05, 3.63) is 17.5 Å². The number of pyridine rings is 1. The Morgan fingerprint density at radius 2 is 2.00 bits per heavy atom. The van der Waals surface area contributed by atoms with Crippen molar-refractivity contribution in [2.75, 3.05) is 7.11 Å². The first kappa shape index (κ1) is 14.4. The van der Waals surface area contributed by atoms with E-state index in [-0.39, 0.29) is 5.56 Å². The van der Waals surface area contributed by atoms with E-state index in [9.17, 15) is 22.0 Å². The van der Waals surface area contributed by atoms with Gasteiger partial charge in [-0.2, -0.15) is 0 Å². The maximum atomic E-state index is 12.6. The van der Waals surface area contributed by atoms with Crippen LogP contribution in [0.15, 0.2) is 6.20 Å². The molecule has 1 heterocycles. The van der Waals surface area contributed by atoms with Gasteiger partial charge in [-0.25, -0.2) is 13.8 Å². The van der Waals surface area contributed by atoms with Crippen molar-refractivity contribution >= 4 is 0 Å². The van der Waals surface area contributed by atoms with E-state index in [0.29, 0.717) is 6.20 Å². The predicted octanol–water partition coefficient (Wildman–Crippen LogP) is 2.39.